The number of anilines is 1. The fourth-order valence-electron chi connectivity index (χ4n) is 4.04. The first-order valence-electron chi connectivity index (χ1n) is 10.7. The van der Waals surface area contributed by atoms with Crippen LogP contribution < -0.4 is 19.7 Å². The Bertz CT molecular complexity index is 1280. The molecule has 8 heteroatoms. The largest absolute Gasteiger partial charge is 0.497 e. The monoisotopic (exact) mass is 489 g/mol. The van der Waals surface area contributed by atoms with Crippen LogP contribution >= 0.6 is 24.0 Å². The highest BCUT2D eigenvalue weighted by molar-refractivity contribution is 7.99. The molecule has 2 aromatic carbocycles. The Kier molecular flexibility index (Phi) is 6.42. The van der Waals surface area contributed by atoms with Gasteiger partial charge in [-0.3, -0.25) is 4.98 Å². The lowest BCUT2D eigenvalue weighted by molar-refractivity contribution is 0.378. The number of methoxy groups -OCH3 is 2. The second-order valence-electron chi connectivity index (χ2n) is 7.61. The Morgan fingerprint density at radius 2 is 1.79 bits per heavy atom. The lowest BCUT2D eigenvalue weighted by Gasteiger charge is -2.27. The molecule has 2 aromatic heterocycles. The summed E-state index contributed by atoms with van der Waals surface area (Å²) in [5, 5.41) is 4.82. The molecule has 1 saturated heterocycles. The van der Waals surface area contributed by atoms with Gasteiger partial charge >= 0.3 is 0 Å². The quantitative estimate of drug-likeness (QED) is 0.316. The molecule has 0 amide bonds. The SMILES string of the molecule is COc1ccc(N2C(=S)NC(c3ccccn3)C2c2ccc(Sc3ccccc3)o2)c(OC)c1. The number of thiocarbonyl (C=S) groups is 1. The molecule has 1 aliphatic rings. The van der Waals surface area contributed by atoms with Crippen molar-refractivity contribution in [3.8, 4) is 11.5 Å². The van der Waals surface area contributed by atoms with E-state index in [9.17, 15) is 0 Å². The van der Waals surface area contributed by atoms with Gasteiger partial charge in [-0.2, -0.15) is 0 Å². The van der Waals surface area contributed by atoms with Gasteiger partial charge in [-0.1, -0.05) is 36.0 Å². The third-order valence-electron chi connectivity index (χ3n) is 5.60. The van der Waals surface area contributed by atoms with Crippen LogP contribution in [0.15, 0.2) is 99.5 Å². The summed E-state index contributed by atoms with van der Waals surface area (Å²) in [7, 11) is 3.27. The van der Waals surface area contributed by atoms with Crippen molar-refractivity contribution in [2.75, 3.05) is 19.1 Å². The van der Waals surface area contributed by atoms with Gasteiger partial charge in [0.05, 0.1) is 31.6 Å². The molecule has 2 unspecified atom stereocenters. The van der Waals surface area contributed by atoms with E-state index >= 15 is 0 Å². The Morgan fingerprint density at radius 3 is 2.53 bits per heavy atom. The molecule has 0 radical (unpaired) electrons. The van der Waals surface area contributed by atoms with E-state index in [0.29, 0.717) is 16.6 Å². The minimum absolute atomic E-state index is 0.207. The number of pyridine rings is 1. The van der Waals surface area contributed by atoms with Crippen molar-refractivity contribution < 1.29 is 13.9 Å². The summed E-state index contributed by atoms with van der Waals surface area (Å²) in [5.41, 5.74) is 1.69. The zero-order valence-corrected chi connectivity index (χ0v) is 20.3. The molecule has 0 aliphatic carbocycles. The first-order chi connectivity index (χ1) is 16.7. The molecule has 1 aliphatic heterocycles. The first-order valence-corrected chi connectivity index (χ1v) is 12.0. The molecular weight excluding hydrogens is 466 g/mol. The van der Waals surface area contributed by atoms with Crippen molar-refractivity contribution in [1.82, 2.24) is 10.3 Å². The zero-order chi connectivity index (χ0) is 23.5. The summed E-state index contributed by atoms with van der Waals surface area (Å²) in [6.45, 7) is 0. The molecule has 1 N–H and O–H groups in total. The number of hydrogen-bond donors (Lipinski definition) is 1. The summed E-state index contributed by atoms with van der Waals surface area (Å²) in [6.07, 6.45) is 1.78. The Labute approximate surface area is 207 Å². The highest BCUT2D eigenvalue weighted by Gasteiger charge is 2.43. The molecular formula is C26H23N3O3S2. The summed E-state index contributed by atoms with van der Waals surface area (Å²) >= 11 is 7.39. The van der Waals surface area contributed by atoms with Crippen molar-refractivity contribution >= 4 is 34.8 Å². The van der Waals surface area contributed by atoms with E-state index in [4.69, 9.17) is 26.1 Å². The third kappa shape index (κ3) is 4.34. The predicted molar refractivity (Wildman–Crippen MR) is 137 cm³/mol. The van der Waals surface area contributed by atoms with Gasteiger partial charge in [0.15, 0.2) is 10.2 Å². The maximum absolute atomic E-state index is 6.37. The van der Waals surface area contributed by atoms with Gasteiger partial charge in [-0.25, -0.2) is 0 Å². The Hall–Kier alpha value is -3.49. The van der Waals surface area contributed by atoms with Crippen molar-refractivity contribution in [2.45, 2.75) is 22.1 Å². The van der Waals surface area contributed by atoms with Gasteiger partial charge in [0.2, 0.25) is 0 Å². The van der Waals surface area contributed by atoms with E-state index in [2.05, 4.69) is 22.4 Å². The lowest BCUT2D eigenvalue weighted by atomic mass is 10.0. The topological polar surface area (TPSA) is 59.8 Å². The lowest BCUT2D eigenvalue weighted by Crippen LogP contribution is -2.29. The van der Waals surface area contributed by atoms with Gasteiger partial charge in [0.25, 0.3) is 0 Å². The second-order valence-corrected chi connectivity index (χ2v) is 9.07. The van der Waals surface area contributed by atoms with Crippen molar-refractivity contribution in [3.63, 3.8) is 0 Å². The molecule has 3 heterocycles. The van der Waals surface area contributed by atoms with E-state index < -0.39 is 0 Å². The highest BCUT2D eigenvalue weighted by Crippen LogP contribution is 2.46. The van der Waals surface area contributed by atoms with Crippen LogP contribution in [0.25, 0.3) is 0 Å². The maximum Gasteiger partial charge on any atom is 0.174 e. The van der Waals surface area contributed by atoms with E-state index in [1.165, 1.54) is 0 Å². The van der Waals surface area contributed by atoms with Crippen LogP contribution in [-0.2, 0) is 0 Å². The van der Waals surface area contributed by atoms with Gasteiger partial charge in [-0.15, -0.1) is 0 Å². The van der Waals surface area contributed by atoms with Gasteiger partial charge in [0.1, 0.15) is 23.3 Å². The van der Waals surface area contributed by atoms with E-state index in [1.54, 1.807) is 32.2 Å². The molecule has 1 fully saturated rings. The van der Waals surface area contributed by atoms with Crippen molar-refractivity contribution in [2.24, 2.45) is 0 Å². The minimum Gasteiger partial charge on any atom is -0.497 e. The summed E-state index contributed by atoms with van der Waals surface area (Å²) in [5.74, 6) is 2.14. The third-order valence-corrected chi connectivity index (χ3v) is 6.84. The molecule has 2 atom stereocenters. The number of ether oxygens (including phenoxy) is 2. The molecule has 0 bridgehead atoms. The van der Waals surface area contributed by atoms with Gasteiger partial charge < -0.3 is 24.1 Å². The van der Waals surface area contributed by atoms with E-state index in [-0.39, 0.29) is 12.1 Å². The van der Waals surface area contributed by atoms with Crippen LogP contribution in [0, 0.1) is 0 Å². The van der Waals surface area contributed by atoms with Crippen LogP contribution in [0.1, 0.15) is 23.5 Å². The average Bonchev–Trinajstić information content (AvgIpc) is 3.48. The van der Waals surface area contributed by atoms with Crippen LogP contribution in [0.2, 0.25) is 0 Å². The van der Waals surface area contributed by atoms with Gasteiger partial charge in [0, 0.05) is 17.2 Å². The molecule has 34 heavy (non-hydrogen) atoms. The summed E-state index contributed by atoms with van der Waals surface area (Å²) in [4.78, 5) is 7.74. The van der Waals surface area contributed by atoms with E-state index in [0.717, 1.165) is 27.1 Å². The molecule has 172 valence electrons. The molecule has 5 rings (SSSR count). The number of nitrogens with zero attached hydrogens (tertiary/aromatic N) is 2. The van der Waals surface area contributed by atoms with E-state index in [1.807, 2.05) is 71.6 Å². The number of rotatable bonds is 7. The first kappa shape index (κ1) is 22.3. The van der Waals surface area contributed by atoms with Crippen LogP contribution in [0.5, 0.6) is 11.5 Å². The van der Waals surface area contributed by atoms with Crippen LogP contribution in [-0.4, -0.2) is 24.3 Å². The van der Waals surface area contributed by atoms with Crippen LogP contribution in [0.4, 0.5) is 5.69 Å². The molecule has 0 saturated carbocycles. The Morgan fingerprint density at radius 1 is 0.971 bits per heavy atom. The second kappa shape index (κ2) is 9.79. The molecule has 4 aromatic rings. The normalized spacial score (nSPS) is 17.5. The van der Waals surface area contributed by atoms with Crippen molar-refractivity contribution in [3.05, 3.63) is 96.5 Å². The maximum atomic E-state index is 6.37. The van der Waals surface area contributed by atoms with Gasteiger partial charge in [-0.05, 0) is 60.7 Å². The fraction of sp³-hybridized carbons (Fsp3) is 0.154. The predicted octanol–water partition coefficient (Wildman–Crippen LogP) is 6.02. The number of nitrogens with one attached hydrogen (secondary N) is 1. The zero-order valence-electron chi connectivity index (χ0n) is 18.7. The summed E-state index contributed by atoms with van der Waals surface area (Å²) in [6, 6.07) is 25.2. The Balaban J connectivity index is 1.57. The van der Waals surface area contributed by atoms with Crippen LogP contribution in [0.3, 0.4) is 0 Å². The smallest absolute Gasteiger partial charge is 0.174 e. The molecule has 6 nitrogen and oxygen atoms in total. The average molecular weight is 490 g/mol. The van der Waals surface area contributed by atoms with Crippen molar-refractivity contribution in [1.29, 1.82) is 0 Å². The molecule has 0 spiro atoms. The fourth-order valence-corrected chi connectivity index (χ4v) is 5.18. The number of hydrogen-bond acceptors (Lipinski definition) is 6. The number of furan rings is 1. The highest BCUT2D eigenvalue weighted by atomic mass is 32.2. The number of aromatic nitrogens is 1. The number of benzene rings is 2. The summed E-state index contributed by atoms with van der Waals surface area (Å²) < 4.78 is 17.5. The standard InChI is InChI=1S/C26H23N3O3S2/c1-30-17-11-12-20(22(16-17)31-2)29-25(24(28-26(29)33)19-10-6-7-15-27-19)21-13-14-23(32-21)34-18-8-4-3-5-9-18/h3-16,24-25H,1-2H3,(H,28,33). The minimum atomic E-state index is -0.269.